The lowest BCUT2D eigenvalue weighted by Gasteiger charge is -2.02. The number of primary amides is 1. The second-order valence-corrected chi connectivity index (χ2v) is 3.21. The smallest absolute Gasteiger partial charge is 0.254 e. The van der Waals surface area contributed by atoms with E-state index in [9.17, 15) is 13.6 Å². The molecule has 1 rings (SSSR count). The predicted molar refractivity (Wildman–Crippen MR) is 46.7 cm³/mol. The van der Waals surface area contributed by atoms with Gasteiger partial charge in [-0.2, -0.15) is 0 Å². The van der Waals surface area contributed by atoms with E-state index in [1.54, 1.807) is 6.26 Å². The van der Waals surface area contributed by atoms with Crippen LogP contribution in [0.25, 0.3) is 0 Å². The molecule has 0 atom stereocenters. The van der Waals surface area contributed by atoms with Crippen LogP contribution in [0.5, 0.6) is 0 Å². The molecule has 1 aromatic carbocycles. The highest BCUT2D eigenvalue weighted by atomic mass is 32.2. The molecule has 0 spiro atoms. The molecule has 0 aliphatic heterocycles. The molecule has 0 saturated carbocycles. The number of benzene rings is 1. The van der Waals surface area contributed by atoms with Gasteiger partial charge in [-0.3, -0.25) is 4.79 Å². The van der Waals surface area contributed by atoms with Gasteiger partial charge in [-0.15, -0.1) is 11.8 Å². The molecule has 0 radical (unpaired) electrons. The molecule has 1 aromatic rings. The van der Waals surface area contributed by atoms with Crippen LogP contribution in [0.1, 0.15) is 10.4 Å². The van der Waals surface area contributed by atoms with E-state index in [4.69, 9.17) is 5.73 Å². The number of halogens is 2. The Morgan fingerprint density at radius 3 is 2.15 bits per heavy atom. The van der Waals surface area contributed by atoms with Crippen LogP contribution in [0.4, 0.5) is 8.78 Å². The molecule has 0 heterocycles. The van der Waals surface area contributed by atoms with E-state index in [1.807, 2.05) is 0 Å². The molecular weight excluding hydrogens is 196 g/mol. The standard InChI is InChI=1S/C8H7F2NOS/c1-13-4-2-5(9)7(8(11)12)6(10)3-4/h2-3H,1H3,(H2,11,12). The molecule has 2 N–H and O–H groups in total. The third-order valence-electron chi connectivity index (χ3n) is 1.50. The third-order valence-corrected chi connectivity index (χ3v) is 2.20. The van der Waals surface area contributed by atoms with E-state index in [0.29, 0.717) is 4.90 Å². The van der Waals surface area contributed by atoms with Crippen LogP contribution >= 0.6 is 11.8 Å². The summed E-state index contributed by atoms with van der Waals surface area (Å²) >= 11 is 1.19. The summed E-state index contributed by atoms with van der Waals surface area (Å²) in [6.45, 7) is 0. The fourth-order valence-corrected chi connectivity index (χ4v) is 1.35. The van der Waals surface area contributed by atoms with Gasteiger partial charge in [0.1, 0.15) is 17.2 Å². The van der Waals surface area contributed by atoms with Gasteiger partial charge in [-0.1, -0.05) is 0 Å². The Balaban J connectivity index is 3.31. The topological polar surface area (TPSA) is 43.1 Å². The molecule has 0 aliphatic carbocycles. The minimum Gasteiger partial charge on any atom is -0.365 e. The van der Waals surface area contributed by atoms with Gasteiger partial charge in [0, 0.05) is 4.90 Å². The molecule has 0 fully saturated rings. The van der Waals surface area contributed by atoms with Crippen molar-refractivity contribution in [1.82, 2.24) is 0 Å². The zero-order chi connectivity index (χ0) is 10.0. The average Bonchev–Trinajstić information content (AvgIpc) is 2.02. The Morgan fingerprint density at radius 2 is 1.85 bits per heavy atom. The normalized spacial score (nSPS) is 10.1. The molecule has 0 aromatic heterocycles. The molecule has 2 nitrogen and oxygen atoms in total. The summed E-state index contributed by atoms with van der Waals surface area (Å²) < 4.78 is 26.0. The monoisotopic (exact) mass is 203 g/mol. The first-order chi connectivity index (χ1) is 6.06. The molecule has 0 aliphatic rings. The number of hydrogen-bond acceptors (Lipinski definition) is 2. The van der Waals surface area contributed by atoms with E-state index in [1.165, 1.54) is 11.8 Å². The van der Waals surface area contributed by atoms with E-state index in [0.717, 1.165) is 12.1 Å². The highest BCUT2D eigenvalue weighted by molar-refractivity contribution is 7.98. The highest BCUT2D eigenvalue weighted by Gasteiger charge is 2.15. The summed E-state index contributed by atoms with van der Waals surface area (Å²) in [5.41, 5.74) is 4.10. The van der Waals surface area contributed by atoms with Crippen LogP contribution in [0, 0.1) is 11.6 Å². The van der Waals surface area contributed by atoms with Crippen molar-refractivity contribution in [2.75, 3.05) is 6.26 Å². The van der Waals surface area contributed by atoms with Crippen molar-refractivity contribution in [1.29, 1.82) is 0 Å². The molecule has 0 bridgehead atoms. The van der Waals surface area contributed by atoms with Gasteiger partial charge >= 0.3 is 0 Å². The largest absolute Gasteiger partial charge is 0.365 e. The van der Waals surface area contributed by atoms with E-state index < -0.39 is 23.1 Å². The van der Waals surface area contributed by atoms with Crippen LogP contribution in [0.15, 0.2) is 17.0 Å². The Hall–Kier alpha value is -1.10. The van der Waals surface area contributed by atoms with E-state index >= 15 is 0 Å². The molecule has 1 amide bonds. The molecule has 13 heavy (non-hydrogen) atoms. The molecule has 0 unspecified atom stereocenters. The summed E-state index contributed by atoms with van der Waals surface area (Å²) in [5, 5.41) is 0. The van der Waals surface area contributed by atoms with Crippen molar-refractivity contribution in [3.8, 4) is 0 Å². The van der Waals surface area contributed by atoms with E-state index in [-0.39, 0.29) is 0 Å². The fourth-order valence-electron chi connectivity index (χ4n) is 0.903. The summed E-state index contributed by atoms with van der Waals surface area (Å²) in [6.07, 6.45) is 1.68. The zero-order valence-electron chi connectivity index (χ0n) is 6.80. The average molecular weight is 203 g/mol. The van der Waals surface area contributed by atoms with Crippen LogP contribution in [-0.4, -0.2) is 12.2 Å². The summed E-state index contributed by atoms with van der Waals surface area (Å²) in [4.78, 5) is 11.0. The summed E-state index contributed by atoms with van der Waals surface area (Å²) in [7, 11) is 0. The number of rotatable bonds is 2. The second-order valence-electron chi connectivity index (χ2n) is 2.33. The Labute approximate surface area is 78.1 Å². The van der Waals surface area contributed by atoms with Crippen LogP contribution in [0.2, 0.25) is 0 Å². The van der Waals surface area contributed by atoms with Gasteiger partial charge in [0.15, 0.2) is 0 Å². The van der Waals surface area contributed by atoms with Gasteiger partial charge in [0.25, 0.3) is 5.91 Å². The van der Waals surface area contributed by atoms with Crippen molar-refractivity contribution in [2.45, 2.75) is 4.90 Å². The van der Waals surface area contributed by atoms with Crippen LogP contribution in [-0.2, 0) is 0 Å². The van der Waals surface area contributed by atoms with Crippen molar-refractivity contribution in [3.05, 3.63) is 29.3 Å². The first-order valence-electron chi connectivity index (χ1n) is 3.39. The number of hydrogen-bond donors (Lipinski definition) is 1. The summed E-state index contributed by atoms with van der Waals surface area (Å²) in [5.74, 6) is -2.93. The summed E-state index contributed by atoms with van der Waals surface area (Å²) in [6, 6.07) is 2.15. The van der Waals surface area contributed by atoms with Gasteiger partial charge < -0.3 is 5.73 Å². The predicted octanol–water partition coefficient (Wildman–Crippen LogP) is 1.79. The molecule has 70 valence electrons. The Bertz CT molecular complexity index is 331. The van der Waals surface area contributed by atoms with E-state index in [2.05, 4.69) is 0 Å². The second kappa shape index (κ2) is 3.74. The van der Waals surface area contributed by atoms with Crippen molar-refractivity contribution in [2.24, 2.45) is 5.73 Å². The van der Waals surface area contributed by atoms with Crippen molar-refractivity contribution in [3.63, 3.8) is 0 Å². The quantitative estimate of drug-likeness (QED) is 0.744. The number of carbonyl (C=O) groups is 1. The Kier molecular flexibility index (Phi) is 2.87. The van der Waals surface area contributed by atoms with Gasteiger partial charge in [0.2, 0.25) is 0 Å². The van der Waals surface area contributed by atoms with Crippen LogP contribution in [0.3, 0.4) is 0 Å². The number of thioether (sulfide) groups is 1. The first-order valence-corrected chi connectivity index (χ1v) is 4.61. The van der Waals surface area contributed by atoms with Gasteiger partial charge in [-0.05, 0) is 18.4 Å². The highest BCUT2D eigenvalue weighted by Crippen LogP contribution is 2.21. The molecular formula is C8H7F2NOS. The lowest BCUT2D eigenvalue weighted by atomic mass is 10.2. The fraction of sp³-hybridized carbons (Fsp3) is 0.125. The molecule has 5 heteroatoms. The number of carbonyl (C=O) groups excluding carboxylic acids is 1. The lowest BCUT2D eigenvalue weighted by Crippen LogP contribution is -2.15. The minimum absolute atomic E-state index is 0.417. The Morgan fingerprint density at radius 1 is 1.38 bits per heavy atom. The third kappa shape index (κ3) is 1.98. The van der Waals surface area contributed by atoms with Crippen molar-refractivity contribution >= 4 is 17.7 Å². The SMILES string of the molecule is CSc1cc(F)c(C(N)=O)c(F)c1. The maximum absolute atomic E-state index is 13.0. The molecule has 0 saturated heterocycles. The van der Waals surface area contributed by atoms with Crippen molar-refractivity contribution < 1.29 is 13.6 Å². The maximum Gasteiger partial charge on any atom is 0.254 e. The van der Waals surface area contributed by atoms with Gasteiger partial charge in [-0.25, -0.2) is 8.78 Å². The number of nitrogens with two attached hydrogens (primary N) is 1. The van der Waals surface area contributed by atoms with Gasteiger partial charge in [0.05, 0.1) is 0 Å². The lowest BCUT2D eigenvalue weighted by molar-refractivity contribution is 0.0992. The first kappa shape index (κ1) is 9.98. The maximum atomic E-state index is 13.0. The minimum atomic E-state index is -1.09. The zero-order valence-corrected chi connectivity index (χ0v) is 7.62. The number of amides is 1. The van der Waals surface area contributed by atoms with Crippen LogP contribution < -0.4 is 5.73 Å².